The lowest BCUT2D eigenvalue weighted by molar-refractivity contribution is 0.185. The van der Waals surface area contributed by atoms with E-state index in [1.54, 1.807) is 0 Å². The van der Waals surface area contributed by atoms with Gasteiger partial charge in [-0.3, -0.25) is 4.72 Å². The molecule has 0 unspecified atom stereocenters. The van der Waals surface area contributed by atoms with Gasteiger partial charge in [0.1, 0.15) is 0 Å². The average molecular weight is 230 g/mol. The number of nitrogens with zero attached hydrogens (tertiary/aromatic N) is 1. The van der Waals surface area contributed by atoms with E-state index in [0.29, 0.717) is 11.3 Å². The zero-order valence-corrected chi connectivity index (χ0v) is 10.8. The fourth-order valence-corrected chi connectivity index (χ4v) is 2.46. The van der Waals surface area contributed by atoms with Gasteiger partial charge in [0.2, 0.25) is 0 Å². The van der Waals surface area contributed by atoms with Gasteiger partial charge in [0.05, 0.1) is 0 Å². The second-order valence-electron chi connectivity index (χ2n) is 4.30. The fraction of sp³-hybridized carbons (Fsp3) is 0.909. The van der Waals surface area contributed by atoms with E-state index in [0.717, 1.165) is 6.54 Å². The number of carbonyl (C=O) groups is 1. The summed E-state index contributed by atoms with van der Waals surface area (Å²) in [5.41, 5.74) is 0. The first kappa shape index (κ1) is 12.7. The van der Waals surface area contributed by atoms with Crippen LogP contribution < -0.4 is 4.72 Å². The molecule has 0 spiro atoms. The SMILES string of the molecule is CCN(C(=O)NSC(C)C)C1CCCC1. The van der Waals surface area contributed by atoms with Crippen LogP contribution in [-0.4, -0.2) is 28.8 Å². The van der Waals surface area contributed by atoms with E-state index < -0.39 is 0 Å². The molecule has 0 saturated heterocycles. The molecule has 4 heteroatoms. The Morgan fingerprint density at radius 3 is 2.53 bits per heavy atom. The molecule has 1 aliphatic carbocycles. The Morgan fingerprint density at radius 1 is 1.47 bits per heavy atom. The summed E-state index contributed by atoms with van der Waals surface area (Å²) in [5, 5.41) is 0.441. The van der Waals surface area contributed by atoms with Crippen molar-refractivity contribution in [3.63, 3.8) is 0 Å². The molecule has 0 bridgehead atoms. The predicted molar refractivity (Wildman–Crippen MR) is 65.9 cm³/mol. The van der Waals surface area contributed by atoms with E-state index in [4.69, 9.17) is 0 Å². The third kappa shape index (κ3) is 3.93. The van der Waals surface area contributed by atoms with Gasteiger partial charge in [-0.25, -0.2) is 4.79 Å². The minimum atomic E-state index is 0.0862. The van der Waals surface area contributed by atoms with E-state index >= 15 is 0 Å². The van der Waals surface area contributed by atoms with Crippen molar-refractivity contribution in [2.24, 2.45) is 0 Å². The summed E-state index contributed by atoms with van der Waals surface area (Å²) in [5.74, 6) is 0. The molecule has 1 saturated carbocycles. The first-order chi connectivity index (χ1) is 7.15. The van der Waals surface area contributed by atoms with Crippen LogP contribution in [0.25, 0.3) is 0 Å². The minimum absolute atomic E-state index is 0.0862. The molecule has 0 aromatic carbocycles. The third-order valence-corrected chi connectivity index (χ3v) is 3.51. The number of amides is 2. The van der Waals surface area contributed by atoms with Gasteiger partial charge in [0, 0.05) is 17.8 Å². The molecule has 0 aliphatic heterocycles. The Labute approximate surface area is 97.1 Å². The van der Waals surface area contributed by atoms with Gasteiger partial charge >= 0.3 is 6.03 Å². The molecule has 0 radical (unpaired) electrons. The number of hydrogen-bond acceptors (Lipinski definition) is 2. The quantitative estimate of drug-likeness (QED) is 0.753. The Bertz CT molecular complexity index is 203. The maximum Gasteiger partial charge on any atom is 0.327 e. The van der Waals surface area contributed by atoms with Gasteiger partial charge in [-0.05, 0) is 31.7 Å². The van der Waals surface area contributed by atoms with Gasteiger partial charge in [-0.2, -0.15) is 0 Å². The lowest BCUT2D eigenvalue weighted by Gasteiger charge is -2.27. The number of carbonyl (C=O) groups excluding carboxylic acids is 1. The van der Waals surface area contributed by atoms with E-state index in [-0.39, 0.29) is 6.03 Å². The van der Waals surface area contributed by atoms with Crippen molar-refractivity contribution < 1.29 is 4.79 Å². The molecular formula is C11H22N2OS. The normalized spacial score (nSPS) is 17.1. The summed E-state index contributed by atoms with van der Waals surface area (Å²) in [6.07, 6.45) is 4.89. The molecule has 1 fully saturated rings. The molecule has 0 atom stereocenters. The van der Waals surface area contributed by atoms with E-state index in [1.165, 1.54) is 37.6 Å². The first-order valence-electron chi connectivity index (χ1n) is 5.87. The molecule has 15 heavy (non-hydrogen) atoms. The highest BCUT2D eigenvalue weighted by molar-refractivity contribution is 7.98. The van der Waals surface area contributed by atoms with Gasteiger partial charge in [0.15, 0.2) is 0 Å². The van der Waals surface area contributed by atoms with Gasteiger partial charge < -0.3 is 4.90 Å². The molecule has 1 N–H and O–H groups in total. The van der Waals surface area contributed by atoms with Crippen molar-refractivity contribution in [2.45, 2.75) is 57.7 Å². The summed E-state index contributed by atoms with van der Waals surface area (Å²) < 4.78 is 2.91. The van der Waals surface area contributed by atoms with Crippen molar-refractivity contribution in [1.29, 1.82) is 0 Å². The summed E-state index contributed by atoms with van der Waals surface area (Å²) in [7, 11) is 0. The van der Waals surface area contributed by atoms with Crippen LogP contribution in [0.3, 0.4) is 0 Å². The lowest BCUT2D eigenvalue weighted by atomic mass is 10.2. The molecular weight excluding hydrogens is 208 g/mol. The topological polar surface area (TPSA) is 32.3 Å². The van der Waals surface area contributed by atoms with Crippen molar-refractivity contribution in [3.05, 3.63) is 0 Å². The Hall–Kier alpha value is -0.380. The highest BCUT2D eigenvalue weighted by Crippen LogP contribution is 2.23. The monoisotopic (exact) mass is 230 g/mol. The second-order valence-corrected chi connectivity index (χ2v) is 5.68. The zero-order chi connectivity index (χ0) is 11.3. The van der Waals surface area contributed by atoms with Crippen molar-refractivity contribution in [2.75, 3.05) is 6.54 Å². The van der Waals surface area contributed by atoms with Crippen LogP contribution >= 0.6 is 11.9 Å². The molecule has 0 aromatic rings. The molecule has 3 nitrogen and oxygen atoms in total. The second kappa shape index (κ2) is 6.26. The van der Waals surface area contributed by atoms with Crippen LogP contribution in [0.4, 0.5) is 4.79 Å². The third-order valence-electron chi connectivity index (χ3n) is 2.75. The molecule has 88 valence electrons. The summed E-state index contributed by atoms with van der Waals surface area (Å²) in [6, 6.07) is 0.561. The van der Waals surface area contributed by atoms with Crippen molar-refractivity contribution in [1.82, 2.24) is 9.62 Å². The number of hydrogen-bond donors (Lipinski definition) is 1. The molecule has 0 aromatic heterocycles. The standard InChI is InChI=1S/C11H22N2OS/c1-4-13(10-7-5-6-8-10)11(14)12-15-9(2)3/h9-10H,4-8H2,1-3H3,(H,12,14). The highest BCUT2D eigenvalue weighted by atomic mass is 32.2. The maximum atomic E-state index is 11.9. The Balaban J connectivity index is 2.39. The Kier molecular flexibility index (Phi) is 5.29. The smallest absolute Gasteiger partial charge is 0.321 e. The van der Waals surface area contributed by atoms with Gasteiger partial charge in [-0.15, -0.1) is 0 Å². The highest BCUT2D eigenvalue weighted by Gasteiger charge is 2.25. The first-order valence-corrected chi connectivity index (χ1v) is 6.75. The van der Waals surface area contributed by atoms with E-state index in [1.807, 2.05) is 4.90 Å². The van der Waals surface area contributed by atoms with Crippen LogP contribution in [0.15, 0.2) is 0 Å². The van der Waals surface area contributed by atoms with Crippen LogP contribution in [0.5, 0.6) is 0 Å². The van der Waals surface area contributed by atoms with Crippen LogP contribution in [-0.2, 0) is 0 Å². The van der Waals surface area contributed by atoms with Gasteiger partial charge in [0.25, 0.3) is 0 Å². The molecule has 0 heterocycles. The van der Waals surface area contributed by atoms with Crippen molar-refractivity contribution in [3.8, 4) is 0 Å². The van der Waals surface area contributed by atoms with E-state index in [2.05, 4.69) is 25.5 Å². The average Bonchev–Trinajstić information content (AvgIpc) is 2.69. The van der Waals surface area contributed by atoms with Gasteiger partial charge in [-0.1, -0.05) is 26.7 Å². The van der Waals surface area contributed by atoms with Crippen LogP contribution in [0.1, 0.15) is 46.5 Å². The van der Waals surface area contributed by atoms with Crippen LogP contribution in [0.2, 0.25) is 0 Å². The minimum Gasteiger partial charge on any atom is -0.321 e. The maximum absolute atomic E-state index is 11.9. The summed E-state index contributed by atoms with van der Waals surface area (Å²) >= 11 is 1.50. The number of rotatable bonds is 4. The van der Waals surface area contributed by atoms with E-state index in [9.17, 15) is 4.79 Å². The Morgan fingerprint density at radius 2 is 2.07 bits per heavy atom. The summed E-state index contributed by atoms with van der Waals surface area (Å²) in [4.78, 5) is 13.8. The zero-order valence-electron chi connectivity index (χ0n) is 9.95. The predicted octanol–water partition coefficient (Wildman–Crippen LogP) is 3.02. The fourth-order valence-electron chi connectivity index (χ4n) is 2.01. The summed E-state index contributed by atoms with van der Waals surface area (Å²) in [6.45, 7) is 7.03. The molecule has 1 aliphatic rings. The molecule has 2 amide bonds. The van der Waals surface area contributed by atoms with Crippen LogP contribution in [0, 0.1) is 0 Å². The van der Waals surface area contributed by atoms with Crippen molar-refractivity contribution >= 4 is 18.0 Å². The molecule has 1 rings (SSSR count). The number of nitrogens with one attached hydrogen (secondary N) is 1. The number of urea groups is 1. The largest absolute Gasteiger partial charge is 0.327 e. The lowest BCUT2D eigenvalue weighted by Crippen LogP contribution is -2.43.